The lowest BCUT2D eigenvalue weighted by molar-refractivity contribution is -0.218. The van der Waals surface area contributed by atoms with Crippen LogP contribution in [0.3, 0.4) is 0 Å². The van der Waals surface area contributed by atoms with Gasteiger partial charge in [-0.1, -0.05) is 13.3 Å². The summed E-state index contributed by atoms with van der Waals surface area (Å²) in [5.41, 5.74) is -5.60. The minimum Gasteiger partial charge on any atom is -0.281 e. The number of alkyl halides is 3. The molecule has 0 aliphatic heterocycles. The van der Waals surface area contributed by atoms with E-state index in [0.717, 1.165) is 0 Å². The zero-order valence-electron chi connectivity index (χ0n) is 7.70. The average molecular weight is 250 g/mol. The van der Waals surface area contributed by atoms with E-state index in [-0.39, 0.29) is 6.42 Å². The first-order valence-electron chi connectivity index (χ1n) is 3.91. The van der Waals surface area contributed by atoms with Crippen LogP contribution in [-0.4, -0.2) is 19.9 Å². The van der Waals surface area contributed by atoms with Crippen molar-refractivity contribution in [2.75, 3.05) is 0 Å². The number of carbonyl (C=O) groups excluding carboxylic acids is 1. The van der Waals surface area contributed by atoms with Crippen LogP contribution in [0.5, 0.6) is 0 Å². The van der Waals surface area contributed by atoms with Gasteiger partial charge in [-0.15, -0.1) is 0 Å². The van der Waals surface area contributed by atoms with Gasteiger partial charge in [0.2, 0.25) is 0 Å². The summed E-state index contributed by atoms with van der Waals surface area (Å²) < 4.78 is 58.4. The third-order valence-corrected chi connectivity index (χ3v) is 2.05. The average Bonchev–Trinajstić information content (AvgIpc) is 2.09. The first kappa shape index (κ1) is 14.2. The summed E-state index contributed by atoms with van der Waals surface area (Å²) in [6.45, 7) is 1.74. The molecule has 0 aliphatic rings. The summed E-state index contributed by atoms with van der Waals surface area (Å²) in [7, 11) is -5.86. The zero-order valence-corrected chi connectivity index (χ0v) is 8.52. The SMILES string of the molecule is CCCCC(=O)OOS(=O)(=O)C(F)(F)F. The minimum absolute atomic E-state index is 0.204. The first-order chi connectivity index (χ1) is 6.70. The number of rotatable bonds is 5. The summed E-state index contributed by atoms with van der Waals surface area (Å²) in [4.78, 5) is 14.1. The number of carbonyl (C=O) groups is 1. The van der Waals surface area contributed by atoms with Gasteiger partial charge in [-0.3, -0.25) is 4.89 Å². The molecule has 0 aromatic heterocycles. The molecular formula is C6H9F3O5S. The van der Waals surface area contributed by atoms with E-state index in [2.05, 4.69) is 9.22 Å². The maximum atomic E-state index is 11.6. The molecule has 0 N–H and O–H groups in total. The fraction of sp³-hybridized carbons (Fsp3) is 0.833. The van der Waals surface area contributed by atoms with Crippen LogP contribution in [0.4, 0.5) is 13.2 Å². The van der Waals surface area contributed by atoms with Gasteiger partial charge in [0.25, 0.3) is 0 Å². The molecule has 90 valence electrons. The standard InChI is InChI=1S/C6H9F3O5S/c1-2-3-4-5(10)13-14-15(11,12)6(7,8)9/h2-4H2,1H3. The van der Waals surface area contributed by atoms with Gasteiger partial charge in [0.15, 0.2) is 0 Å². The van der Waals surface area contributed by atoms with E-state index in [0.29, 0.717) is 12.8 Å². The summed E-state index contributed by atoms with van der Waals surface area (Å²) in [5, 5.41) is 0. The predicted octanol–water partition coefficient (Wildman–Crippen LogP) is 1.50. The van der Waals surface area contributed by atoms with E-state index in [1.54, 1.807) is 6.92 Å². The molecule has 0 unspecified atom stereocenters. The number of hydrogen-bond donors (Lipinski definition) is 0. The van der Waals surface area contributed by atoms with E-state index >= 15 is 0 Å². The van der Waals surface area contributed by atoms with Gasteiger partial charge in [0, 0.05) is 6.42 Å². The second-order valence-corrected chi connectivity index (χ2v) is 4.03. The van der Waals surface area contributed by atoms with Crippen molar-refractivity contribution in [3.8, 4) is 0 Å². The molecule has 9 heteroatoms. The molecule has 0 bridgehead atoms. The third-order valence-electron chi connectivity index (χ3n) is 1.23. The Morgan fingerprint density at radius 2 is 1.87 bits per heavy atom. The summed E-state index contributed by atoms with van der Waals surface area (Å²) in [5.74, 6) is -1.16. The maximum absolute atomic E-state index is 11.6. The molecule has 0 rings (SSSR count). The van der Waals surface area contributed by atoms with Crippen molar-refractivity contribution < 1.29 is 35.6 Å². The molecular weight excluding hydrogens is 241 g/mol. The summed E-state index contributed by atoms with van der Waals surface area (Å²) in [6.07, 6.45) is 0.777. The molecule has 0 saturated carbocycles. The lowest BCUT2D eigenvalue weighted by Gasteiger charge is -2.06. The van der Waals surface area contributed by atoms with E-state index < -0.39 is 21.6 Å². The summed E-state index contributed by atoms with van der Waals surface area (Å²) in [6, 6.07) is 0. The van der Waals surface area contributed by atoms with Crippen LogP contribution in [0, 0.1) is 0 Å². The predicted molar refractivity (Wildman–Crippen MR) is 41.7 cm³/mol. The molecule has 0 amide bonds. The van der Waals surface area contributed by atoms with E-state index in [1.165, 1.54) is 0 Å². The van der Waals surface area contributed by atoms with Crippen molar-refractivity contribution in [3.63, 3.8) is 0 Å². The molecule has 5 nitrogen and oxygen atoms in total. The molecule has 0 spiro atoms. The Hall–Kier alpha value is -0.830. The van der Waals surface area contributed by atoms with Gasteiger partial charge in [-0.05, 0) is 10.8 Å². The monoisotopic (exact) mass is 250 g/mol. The van der Waals surface area contributed by atoms with Crippen LogP contribution >= 0.6 is 0 Å². The number of halogens is 3. The topological polar surface area (TPSA) is 69.7 Å². The Bertz CT molecular complexity index is 307. The second-order valence-electron chi connectivity index (χ2n) is 2.53. The van der Waals surface area contributed by atoms with Crippen molar-refractivity contribution in [2.24, 2.45) is 0 Å². The largest absolute Gasteiger partial charge is 0.526 e. The molecule has 0 fully saturated rings. The molecule has 0 saturated heterocycles. The maximum Gasteiger partial charge on any atom is 0.526 e. The van der Waals surface area contributed by atoms with Gasteiger partial charge in [0.05, 0.1) is 0 Å². The third kappa shape index (κ3) is 4.98. The van der Waals surface area contributed by atoms with Crippen molar-refractivity contribution in [2.45, 2.75) is 31.7 Å². The van der Waals surface area contributed by atoms with Gasteiger partial charge < -0.3 is 0 Å². The van der Waals surface area contributed by atoms with E-state index in [1.807, 2.05) is 0 Å². The number of hydrogen-bond acceptors (Lipinski definition) is 5. The molecule has 0 atom stereocenters. The van der Waals surface area contributed by atoms with E-state index in [9.17, 15) is 26.4 Å². The van der Waals surface area contributed by atoms with Crippen molar-refractivity contribution in [1.29, 1.82) is 0 Å². The molecule has 0 aromatic rings. The quantitative estimate of drug-likeness (QED) is 0.420. The Balaban J connectivity index is 4.12. The highest BCUT2D eigenvalue weighted by molar-refractivity contribution is 7.87. The fourth-order valence-corrected chi connectivity index (χ4v) is 0.727. The highest BCUT2D eigenvalue weighted by atomic mass is 32.2. The zero-order chi connectivity index (χ0) is 12.1. The smallest absolute Gasteiger partial charge is 0.281 e. The van der Waals surface area contributed by atoms with Crippen LogP contribution in [0.25, 0.3) is 0 Å². The summed E-state index contributed by atoms with van der Waals surface area (Å²) >= 11 is 0. The lowest BCUT2D eigenvalue weighted by Crippen LogP contribution is -2.26. The Labute approximate surface area is 84.2 Å². The fourth-order valence-electron chi connectivity index (χ4n) is 0.484. The highest BCUT2D eigenvalue weighted by Crippen LogP contribution is 2.24. The Kier molecular flexibility index (Phi) is 5.01. The lowest BCUT2D eigenvalue weighted by atomic mass is 10.3. The van der Waals surface area contributed by atoms with Crippen LogP contribution in [-0.2, 0) is 24.1 Å². The molecule has 15 heavy (non-hydrogen) atoms. The van der Waals surface area contributed by atoms with Crippen LogP contribution < -0.4 is 0 Å². The highest BCUT2D eigenvalue weighted by Gasteiger charge is 2.49. The van der Waals surface area contributed by atoms with Gasteiger partial charge >= 0.3 is 21.6 Å². The van der Waals surface area contributed by atoms with Gasteiger partial charge in [-0.25, -0.2) is 4.79 Å². The number of unbranched alkanes of at least 4 members (excludes halogenated alkanes) is 1. The van der Waals surface area contributed by atoms with Gasteiger partial charge in [0.1, 0.15) is 0 Å². The first-order valence-corrected chi connectivity index (χ1v) is 5.31. The Morgan fingerprint density at radius 1 is 1.33 bits per heavy atom. The van der Waals surface area contributed by atoms with Crippen LogP contribution in [0.2, 0.25) is 0 Å². The van der Waals surface area contributed by atoms with Crippen molar-refractivity contribution in [3.05, 3.63) is 0 Å². The molecule has 0 heterocycles. The second kappa shape index (κ2) is 5.31. The van der Waals surface area contributed by atoms with Gasteiger partial charge in [-0.2, -0.15) is 21.6 Å². The van der Waals surface area contributed by atoms with Crippen molar-refractivity contribution in [1.82, 2.24) is 0 Å². The molecule has 0 aliphatic carbocycles. The molecule has 0 aromatic carbocycles. The van der Waals surface area contributed by atoms with Crippen LogP contribution in [0.1, 0.15) is 26.2 Å². The minimum atomic E-state index is -5.86. The Morgan fingerprint density at radius 3 is 2.27 bits per heavy atom. The van der Waals surface area contributed by atoms with E-state index in [4.69, 9.17) is 0 Å². The normalized spacial score (nSPS) is 12.5. The van der Waals surface area contributed by atoms with Crippen molar-refractivity contribution >= 4 is 16.1 Å². The van der Waals surface area contributed by atoms with Crippen LogP contribution in [0.15, 0.2) is 0 Å². The molecule has 0 radical (unpaired) electrons.